The number of aryl methyl sites for hydroxylation is 1. The Morgan fingerprint density at radius 3 is 2.68 bits per heavy atom. The third-order valence-corrected chi connectivity index (χ3v) is 3.28. The SMILES string of the molecule is COc1nccnc1-c1cccc(C(=O)c2nccn2C)c1. The van der Waals surface area contributed by atoms with Crippen LogP contribution in [-0.4, -0.2) is 32.4 Å². The Kier molecular flexibility index (Phi) is 3.65. The van der Waals surface area contributed by atoms with Gasteiger partial charge in [0.25, 0.3) is 0 Å². The average molecular weight is 294 g/mol. The molecule has 0 bridgehead atoms. The molecule has 0 saturated heterocycles. The van der Waals surface area contributed by atoms with Crippen molar-refractivity contribution in [3.05, 3.63) is 60.4 Å². The van der Waals surface area contributed by atoms with Crippen LogP contribution in [0.2, 0.25) is 0 Å². The van der Waals surface area contributed by atoms with Crippen molar-refractivity contribution in [1.82, 2.24) is 19.5 Å². The van der Waals surface area contributed by atoms with Crippen LogP contribution in [0.1, 0.15) is 16.2 Å². The Morgan fingerprint density at radius 1 is 1.14 bits per heavy atom. The lowest BCUT2D eigenvalue weighted by molar-refractivity contribution is 0.102. The number of ketones is 1. The molecule has 0 aliphatic heterocycles. The van der Waals surface area contributed by atoms with E-state index in [1.807, 2.05) is 6.07 Å². The maximum absolute atomic E-state index is 12.5. The fraction of sp³-hybridized carbons (Fsp3) is 0.125. The second-order valence-electron chi connectivity index (χ2n) is 4.69. The number of rotatable bonds is 4. The standard InChI is InChI=1S/C16H14N4O2/c1-20-9-8-18-15(20)14(21)12-5-3-4-11(10-12)13-16(22-2)19-7-6-17-13/h3-10H,1-2H3. The third-order valence-electron chi connectivity index (χ3n) is 3.28. The number of imidazole rings is 1. The minimum absolute atomic E-state index is 0.141. The van der Waals surface area contributed by atoms with Crippen LogP contribution in [-0.2, 0) is 7.05 Å². The average Bonchev–Trinajstić information content (AvgIpc) is 3.00. The van der Waals surface area contributed by atoms with E-state index < -0.39 is 0 Å². The van der Waals surface area contributed by atoms with Gasteiger partial charge in [-0.2, -0.15) is 0 Å². The highest BCUT2D eigenvalue weighted by Gasteiger charge is 2.16. The summed E-state index contributed by atoms with van der Waals surface area (Å²) in [5.41, 5.74) is 1.91. The molecule has 1 aromatic carbocycles. The Morgan fingerprint density at radius 2 is 1.95 bits per heavy atom. The second kappa shape index (κ2) is 5.77. The minimum atomic E-state index is -0.141. The van der Waals surface area contributed by atoms with Crippen molar-refractivity contribution >= 4 is 5.78 Å². The molecule has 0 saturated carbocycles. The van der Waals surface area contributed by atoms with Crippen molar-refractivity contribution in [2.75, 3.05) is 7.11 Å². The molecule has 0 atom stereocenters. The zero-order valence-electron chi connectivity index (χ0n) is 12.2. The molecule has 0 fully saturated rings. The van der Waals surface area contributed by atoms with E-state index in [1.54, 1.807) is 54.6 Å². The number of benzene rings is 1. The largest absolute Gasteiger partial charge is 0.479 e. The molecule has 0 radical (unpaired) electrons. The van der Waals surface area contributed by atoms with Crippen LogP contribution in [0.15, 0.2) is 49.1 Å². The zero-order chi connectivity index (χ0) is 15.5. The van der Waals surface area contributed by atoms with Gasteiger partial charge in [0, 0.05) is 43.0 Å². The summed E-state index contributed by atoms with van der Waals surface area (Å²) < 4.78 is 6.91. The summed E-state index contributed by atoms with van der Waals surface area (Å²) in [6.45, 7) is 0. The van der Waals surface area contributed by atoms with Gasteiger partial charge in [-0.3, -0.25) is 4.79 Å². The van der Waals surface area contributed by atoms with Gasteiger partial charge in [-0.15, -0.1) is 0 Å². The number of methoxy groups -OCH3 is 1. The van der Waals surface area contributed by atoms with E-state index in [-0.39, 0.29) is 5.78 Å². The molecule has 22 heavy (non-hydrogen) atoms. The quantitative estimate of drug-likeness (QED) is 0.689. The highest BCUT2D eigenvalue weighted by Crippen LogP contribution is 2.26. The van der Waals surface area contributed by atoms with Crippen molar-refractivity contribution in [3.8, 4) is 17.1 Å². The number of aromatic nitrogens is 4. The van der Waals surface area contributed by atoms with Gasteiger partial charge >= 0.3 is 0 Å². The lowest BCUT2D eigenvalue weighted by Gasteiger charge is -2.07. The van der Waals surface area contributed by atoms with E-state index in [0.29, 0.717) is 23.0 Å². The van der Waals surface area contributed by atoms with Gasteiger partial charge in [-0.1, -0.05) is 18.2 Å². The van der Waals surface area contributed by atoms with E-state index in [0.717, 1.165) is 5.56 Å². The Bertz CT molecular complexity index is 826. The van der Waals surface area contributed by atoms with Gasteiger partial charge in [-0.05, 0) is 6.07 Å². The van der Waals surface area contributed by atoms with Crippen LogP contribution in [0.25, 0.3) is 11.3 Å². The molecular formula is C16H14N4O2. The molecule has 0 aliphatic carbocycles. The number of nitrogens with zero attached hydrogens (tertiary/aromatic N) is 4. The van der Waals surface area contributed by atoms with Gasteiger partial charge in [0.15, 0.2) is 5.82 Å². The van der Waals surface area contributed by atoms with Crippen molar-refractivity contribution in [2.45, 2.75) is 0 Å². The van der Waals surface area contributed by atoms with E-state index in [4.69, 9.17) is 4.74 Å². The Balaban J connectivity index is 2.03. The highest BCUT2D eigenvalue weighted by atomic mass is 16.5. The van der Waals surface area contributed by atoms with Crippen LogP contribution in [0.5, 0.6) is 5.88 Å². The molecule has 2 heterocycles. The van der Waals surface area contributed by atoms with Crippen molar-refractivity contribution in [3.63, 3.8) is 0 Å². The molecule has 6 heteroatoms. The van der Waals surface area contributed by atoms with Crippen LogP contribution >= 0.6 is 0 Å². The molecule has 0 amide bonds. The van der Waals surface area contributed by atoms with E-state index in [1.165, 1.54) is 7.11 Å². The molecule has 2 aromatic heterocycles. The van der Waals surface area contributed by atoms with Gasteiger partial charge < -0.3 is 9.30 Å². The highest BCUT2D eigenvalue weighted by molar-refractivity contribution is 6.07. The fourth-order valence-corrected chi connectivity index (χ4v) is 2.19. The first-order valence-corrected chi connectivity index (χ1v) is 6.68. The molecular weight excluding hydrogens is 280 g/mol. The summed E-state index contributed by atoms with van der Waals surface area (Å²) in [4.78, 5) is 25.0. The fourth-order valence-electron chi connectivity index (χ4n) is 2.19. The lowest BCUT2D eigenvalue weighted by Crippen LogP contribution is -2.08. The predicted octanol–water partition coefficient (Wildman–Crippen LogP) is 2.12. The van der Waals surface area contributed by atoms with Crippen LogP contribution in [0.4, 0.5) is 0 Å². The first-order valence-electron chi connectivity index (χ1n) is 6.68. The first-order chi connectivity index (χ1) is 10.7. The zero-order valence-corrected chi connectivity index (χ0v) is 12.2. The smallest absolute Gasteiger partial charge is 0.240 e. The first kappa shape index (κ1) is 13.9. The number of hydrogen-bond donors (Lipinski definition) is 0. The van der Waals surface area contributed by atoms with Crippen molar-refractivity contribution < 1.29 is 9.53 Å². The normalized spacial score (nSPS) is 10.5. The maximum Gasteiger partial charge on any atom is 0.240 e. The van der Waals surface area contributed by atoms with Gasteiger partial charge in [-0.25, -0.2) is 15.0 Å². The van der Waals surface area contributed by atoms with Crippen molar-refractivity contribution in [1.29, 1.82) is 0 Å². The van der Waals surface area contributed by atoms with Crippen LogP contribution in [0, 0.1) is 0 Å². The summed E-state index contributed by atoms with van der Waals surface area (Å²) in [5, 5.41) is 0. The molecule has 0 unspecified atom stereocenters. The second-order valence-corrected chi connectivity index (χ2v) is 4.69. The molecule has 0 N–H and O–H groups in total. The molecule has 0 spiro atoms. The van der Waals surface area contributed by atoms with Crippen LogP contribution < -0.4 is 4.74 Å². The summed E-state index contributed by atoms with van der Waals surface area (Å²) >= 11 is 0. The summed E-state index contributed by atoms with van der Waals surface area (Å²) in [7, 11) is 3.33. The molecule has 3 rings (SSSR count). The van der Waals surface area contributed by atoms with E-state index in [2.05, 4.69) is 15.0 Å². The van der Waals surface area contributed by atoms with Crippen LogP contribution in [0.3, 0.4) is 0 Å². The molecule has 3 aromatic rings. The third kappa shape index (κ3) is 2.46. The van der Waals surface area contributed by atoms with Crippen molar-refractivity contribution in [2.24, 2.45) is 7.05 Å². The Hall–Kier alpha value is -3.02. The lowest BCUT2D eigenvalue weighted by atomic mass is 10.0. The van der Waals surface area contributed by atoms with Gasteiger partial charge in [0.1, 0.15) is 5.69 Å². The minimum Gasteiger partial charge on any atom is -0.479 e. The molecule has 0 aliphatic rings. The van der Waals surface area contributed by atoms with E-state index >= 15 is 0 Å². The molecule has 110 valence electrons. The monoisotopic (exact) mass is 294 g/mol. The number of ether oxygens (including phenoxy) is 1. The Labute approximate surface area is 127 Å². The van der Waals surface area contributed by atoms with E-state index in [9.17, 15) is 4.79 Å². The maximum atomic E-state index is 12.5. The summed E-state index contributed by atoms with van der Waals surface area (Å²) in [6, 6.07) is 7.19. The topological polar surface area (TPSA) is 69.9 Å². The molecule has 6 nitrogen and oxygen atoms in total. The summed E-state index contributed by atoms with van der Waals surface area (Å²) in [6.07, 6.45) is 6.49. The van der Waals surface area contributed by atoms with Gasteiger partial charge in [0.05, 0.1) is 7.11 Å². The summed E-state index contributed by atoms with van der Waals surface area (Å²) in [5.74, 6) is 0.671. The number of carbonyl (C=O) groups is 1. The van der Waals surface area contributed by atoms with Gasteiger partial charge in [0.2, 0.25) is 11.7 Å². The number of carbonyl (C=O) groups excluding carboxylic acids is 1. The number of hydrogen-bond acceptors (Lipinski definition) is 5. The predicted molar refractivity (Wildman–Crippen MR) is 80.7 cm³/mol.